The van der Waals surface area contributed by atoms with E-state index in [0.717, 1.165) is 7.11 Å². The average Bonchev–Trinajstić information content (AvgIpc) is 3.14. The standard InChI is InChI=1S/C18H17.2C6H5.CH4O.2ClH.Ti/c1-12-10-13(2)18(14(12)3)17-9-8-15-6-4-5-7-16(15)11-17;2*1-2-4-6-5-3-1;1-2;;;/h4-10,13H,1-3H3;2*1-5H;2H,1H3;2*1H;/q3*-1;;;;+2/p-2. The maximum Gasteiger partial charge on any atom is 2.00 e. The molecule has 1 aliphatic rings. The molecule has 1 N–H and O–H groups in total. The topological polar surface area (TPSA) is 20.2 Å². The zero-order valence-corrected chi connectivity index (χ0v) is 23.7. The van der Waals surface area contributed by atoms with Crippen molar-refractivity contribution >= 4 is 16.3 Å². The number of aliphatic hydroxyl groups is 1. The number of hydrogen-bond acceptors (Lipinski definition) is 1. The van der Waals surface area contributed by atoms with Gasteiger partial charge in [0.1, 0.15) is 0 Å². The Bertz CT molecular complexity index is 1040. The molecule has 0 bridgehead atoms. The van der Waals surface area contributed by atoms with Gasteiger partial charge in [0.15, 0.2) is 0 Å². The average molecular weight is 538 g/mol. The fourth-order valence-corrected chi connectivity index (χ4v) is 3.54. The Morgan fingerprint density at radius 3 is 1.60 bits per heavy atom. The summed E-state index contributed by atoms with van der Waals surface area (Å²) in [5.41, 5.74) is 5.48. The monoisotopic (exact) mass is 537 g/mol. The van der Waals surface area contributed by atoms with E-state index in [9.17, 15) is 0 Å². The molecule has 0 fully saturated rings. The molecule has 0 saturated heterocycles. The number of fused-ring (bicyclic) bond motifs is 1. The fourth-order valence-electron chi connectivity index (χ4n) is 3.54. The molecule has 4 aromatic carbocycles. The van der Waals surface area contributed by atoms with Crippen molar-refractivity contribution in [2.75, 3.05) is 7.11 Å². The third-order valence-electron chi connectivity index (χ3n) is 5.11. The molecule has 0 radical (unpaired) electrons. The van der Waals surface area contributed by atoms with Gasteiger partial charge in [0, 0.05) is 7.11 Å². The van der Waals surface area contributed by atoms with Gasteiger partial charge in [-0.25, -0.2) is 0 Å². The molecule has 1 aliphatic carbocycles. The second kappa shape index (κ2) is 20.1. The van der Waals surface area contributed by atoms with Crippen molar-refractivity contribution in [2.45, 2.75) is 20.8 Å². The molecule has 4 aromatic rings. The summed E-state index contributed by atoms with van der Waals surface area (Å²) in [6.45, 7) is 6.67. The van der Waals surface area contributed by atoms with Gasteiger partial charge in [-0.1, -0.05) is 53.3 Å². The largest absolute Gasteiger partial charge is 2.00 e. The summed E-state index contributed by atoms with van der Waals surface area (Å²) >= 11 is 0. The Morgan fingerprint density at radius 1 is 0.686 bits per heavy atom. The predicted molar refractivity (Wildman–Crippen MR) is 137 cm³/mol. The molecule has 4 heteroatoms. The molecule has 0 saturated carbocycles. The molecule has 1 atom stereocenters. The minimum Gasteiger partial charge on any atom is -1.00 e. The maximum atomic E-state index is 7.00. The molecule has 5 rings (SSSR count). The van der Waals surface area contributed by atoms with Crippen molar-refractivity contribution in [3.05, 3.63) is 138 Å². The quantitative estimate of drug-likeness (QED) is 0.289. The summed E-state index contributed by atoms with van der Waals surface area (Å²) in [5, 5.41) is 9.46. The van der Waals surface area contributed by atoms with E-state index in [2.05, 4.69) is 81.4 Å². The van der Waals surface area contributed by atoms with Crippen LogP contribution in [0.15, 0.2) is 114 Å². The molecule has 0 aromatic heterocycles. The van der Waals surface area contributed by atoms with Crippen LogP contribution in [0.25, 0.3) is 16.3 Å². The zero-order chi connectivity index (χ0) is 23.2. The number of allylic oxidation sites excluding steroid dienone is 4. The fraction of sp³-hybridized carbons (Fsp3) is 0.161. The molecule has 35 heavy (non-hydrogen) atoms. The third kappa shape index (κ3) is 11.4. The van der Waals surface area contributed by atoms with Gasteiger partial charge in [0.05, 0.1) is 0 Å². The van der Waals surface area contributed by atoms with E-state index in [1.54, 1.807) is 0 Å². The van der Waals surface area contributed by atoms with Crippen LogP contribution < -0.4 is 24.8 Å². The molecule has 0 heterocycles. The molecule has 0 spiro atoms. The van der Waals surface area contributed by atoms with Gasteiger partial charge in [0.2, 0.25) is 0 Å². The number of hydrogen-bond donors (Lipinski definition) is 1. The van der Waals surface area contributed by atoms with Gasteiger partial charge in [-0.15, -0.1) is 35.2 Å². The van der Waals surface area contributed by atoms with E-state index in [0.29, 0.717) is 5.92 Å². The Hall–Kier alpha value is -2.13. The number of halogens is 2. The van der Waals surface area contributed by atoms with E-state index in [1.165, 1.54) is 33.1 Å². The van der Waals surface area contributed by atoms with Gasteiger partial charge >= 0.3 is 21.7 Å². The van der Waals surface area contributed by atoms with E-state index in [-0.39, 0.29) is 46.5 Å². The smallest absolute Gasteiger partial charge is 1.00 e. The molecule has 0 aliphatic heterocycles. The SMILES string of the molecule is CC1=CC(C)C(c2[c-]c3ccccc3cc2)=C1C.CO.[Cl-].[Cl-].[Ti+2].[c-]1ccccc1.[c-]1ccccc1. The summed E-state index contributed by atoms with van der Waals surface area (Å²) < 4.78 is 0. The van der Waals surface area contributed by atoms with E-state index in [4.69, 9.17) is 5.11 Å². The third-order valence-corrected chi connectivity index (χ3v) is 5.11. The van der Waals surface area contributed by atoms with Crippen LogP contribution in [0.4, 0.5) is 0 Å². The van der Waals surface area contributed by atoms with Crippen molar-refractivity contribution in [3.8, 4) is 0 Å². The van der Waals surface area contributed by atoms with Gasteiger partial charge in [-0.2, -0.15) is 72.8 Å². The van der Waals surface area contributed by atoms with Crippen LogP contribution in [0.3, 0.4) is 0 Å². The van der Waals surface area contributed by atoms with Crippen LogP contribution in [0.1, 0.15) is 26.3 Å². The molecule has 0 amide bonds. The minimum absolute atomic E-state index is 0. The van der Waals surface area contributed by atoms with Crippen molar-refractivity contribution in [2.24, 2.45) is 5.92 Å². The van der Waals surface area contributed by atoms with Crippen LogP contribution in [-0.2, 0) is 21.7 Å². The summed E-state index contributed by atoms with van der Waals surface area (Å²) in [7, 11) is 1.00. The van der Waals surface area contributed by atoms with E-state index in [1.807, 2.05) is 60.7 Å². The summed E-state index contributed by atoms with van der Waals surface area (Å²) in [6, 6.07) is 41.4. The van der Waals surface area contributed by atoms with Crippen LogP contribution in [0, 0.1) is 24.1 Å². The number of aliphatic hydroxyl groups excluding tert-OH is 1. The molecular weight excluding hydrogens is 507 g/mol. The molecule has 1 unspecified atom stereocenters. The molecular formula is C31H31Cl2OTi-3. The number of rotatable bonds is 1. The Morgan fingerprint density at radius 2 is 1.20 bits per heavy atom. The van der Waals surface area contributed by atoms with Crippen molar-refractivity contribution < 1.29 is 51.6 Å². The van der Waals surface area contributed by atoms with Crippen molar-refractivity contribution in [1.82, 2.24) is 0 Å². The van der Waals surface area contributed by atoms with E-state index >= 15 is 0 Å². The Labute approximate surface area is 238 Å². The van der Waals surface area contributed by atoms with Gasteiger partial charge in [0.25, 0.3) is 0 Å². The first-order chi connectivity index (χ1) is 15.7. The molecule has 182 valence electrons. The van der Waals surface area contributed by atoms with Crippen LogP contribution in [0.2, 0.25) is 0 Å². The molecule has 1 nitrogen and oxygen atoms in total. The summed E-state index contributed by atoms with van der Waals surface area (Å²) in [5.74, 6) is 0.502. The predicted octanol–water partition coefficient (Wildman–Crippen LogP) is 1.60. The van der Waals surface area contributed by atoms with Crippen molar-refractivity contribution in [3.63, 3.8) is 0 Å². The summed E-state index contributed by atoms with van der Waals surface area (Å²) in [6.07, 6.45) is 2.34. The van der Waals surface area contributed by atoms with Crippen LogP contribution in [-0.4, -0.2) is 12.2 Å². The maximum absolute atomic E-state index is 7.00. The first-order valence-electron chi connectivity index (χ1n) is 10.7. The van der Waals surface area contributed by atoms with Gasteiger partial charge in [-0.3, -0.25) is 0 Å². The first kappa shape index (κ1) is 35.0. The Kier molecular flexibility index (Phi) is 20.1. The van der Waals surface area contributed by atoms with Crippen LogP contribution in [0.5, 0.6) is 0 Å². The van der Waals surface area contributed by atoms with Gasteiger partial charge in [-0.05, 0) is 19.8 Å². The van der Waals surface area contributed by atoms with Crippen LogP contribution >= 0.6 is 0 Å². The minimum atomic E-state index is 0. The second-order valence-electron chi connectivity index (χ2n) is 7.29. The van der Waals surface area contributed by atoms with Gasteiger partial charge < -0.3 is 29.9 Å². The zero-order valence-electron chi connectivity index (χ0n) is 20.6. The number of benzene rings is 4. The first-order valence-corrected chi connectivity index (χ1v) is 10.7. The Balaban J connectivity index is 0. The normalized spacial score (nSPS) is 12.9. The summed E-state index contributed by atoms with van der Waals surface area (Å²) in [4.78, 5) is 0. The second-order valence-corrected chi connectivity index (χ2v) is 7.29. The van der Waals surface area contributed by atoms with Crippen molar-refractivity contribution in [1.29, 1.82) is 0 Å². The van der Waals surface area contributed by atoms with E-state index < -0.39 is 0 Å².